The molecule has 1 aliphatic heterocycles. The van der Waals surface area contributed by atoms with E-state index in [0.29, 0.717) is 43.3 Å². The van der Waals surface area contributed by atoms with Gasteiger partial charge in [0.2, 0.25) is 5.91 Å². The van der Waals surface area contributed by atoms with Crippen molar-refractivity contribution in [2.75, 3.05) is 38.0 Å². The van der Waals surface area contributed by atoms with Crippen LogP contribution in [0.2, 0.25) is 0 Å². The summed E-state index contributed by atoms with van der Waals surface area (Å²) in [5.41, 5.74) is 4.05. The first-order chi connectivity index (χ1) is 14.9. The van der Waals surface area contributed by atoms with Crippen molar-refractivity contribution < 1.29 is 14.1 Å². The molecule has 0 atom stereocenters. The molecule has 0 radical (unpaired) electrons. The van der Waals surface area contributed by atoms with Gasteiger partial charge in [-0.25, -0.2) is 0 Å². The number of carbonyl (C=O) groups excluding carboxylic acids is 2. The van der Waals surface area contributed by atoms with Gasteiger partial charge >= 0.3 is 0 Å². The molecule has 8 heteroatoms. The maximum Gasteiger partial charge on any atom is 0.253 e. The number of aryl methyl sites for hydroxylation is 3. The van der Waals surface area contributed by atoms with Gasteiger partial charge < -0.3 is 19.3 Å². The molecule has 0 unspecified atom stereocenters. The molecule has 1 saturated heterocycles. The number of carbonyl (C=O) groups is 2. The minimum absolute atomic E-state index is 0.0228. The van der Waals surface area contributed by atoms with E-state index < -0.39 is 0 Å². The molecule has 3 aromatic rings. The smallest absolute Gasteiger partial charge is 0.253 e. The monoisotopic (exact) mass is 421 g/mol. The lowest BCUT2D eigenvalue weighted by atomic mass is 10.1. The van der Waals surface area contributed by atoms with Crippen LogP contribution in [0.3, 0.4) is 0 Å². The summed E-state index contributed by atoms with van der Waals surface area (Å²) in [6.45, 7) is 8.65. The maximum absolute atomic E-state index is 12.9. The molecule has 0 bridgehead atoms. The van der Waals surface area contributed by atoms with Crippen molar-refractivity contribution in [2.45, 2.75) is 20.8 Å². The van der Waals surface area contributed by atoms with Crippen LogP contribution in [0.1, 0.15) is 27.5 Å². The summed E-state index contributed by atoms with van der Waals surface area (Å²) >= 11 is 0. The summed E-state index contributed by atoms with van der Waals surface area (Å²) in [6.07, 6.45) is 0. The van der Waals surface area contributed by atoms with Crippen LogP contribution in [0.4, 0.5) is 5.82 Å². The Hall–Kier alpha value is -3.39. The fourth-order valence-electron chi connectivity index (χ4n) is 3.93. The Balaban J connectivity index is 1.30. The molecule has 0 aliphatic carbocycles. The van der Waals surface area contributed by atoms with Crippen molar-refractivity contribution in [3.8, 4) is 5.69 Å². The SMILES string of the molecule is Cc1cc(NC(=O)CN2CCN(C(=O)c3ccc(-n4c(C)ccc4C)cc3)CC2)no1. The second kappa shape index (κ2) is 8.77. The first-order valence-electron chi connectivity index (χ1n) is 10.4. The standard InChI is InChI=1S/C23H27N5O3/c1-16-4-5-17(2)28(16)20-8-6-19(7-9-20)23(30)27-12-10-26(11-13-27)15-22(29)24-21-14-18(3)31-25-21/h4-9,14H,10-13,15H2,1-3H3,(H,24,25,29). The molecule has 0 saturated carbocycles. The second-order valence-electron chi connectivity index (χ2n) is 7.94. The predicted molar refractivity (Wildman–Crippen MR) is 117 cm³/mol. The van der Waals surface area contributed by atoms with Crippen LogP contribution in [-0.2, 0) is 4.79 Å². The first kappa shape index (κ1) is 20.9. The number of nitrogens with one attached hydrogen (secondary N) is 1. The maximum atomic E-state index is 12.9. The average molecular weight is 422 g/mol. The zero-order chi connectivity index (χ0) is 22.0. The highest BCUT2D eigenvalue weighted by molar-refractivity contribution is 5.94. The molecule has 1 N–H and O–H groups in total. The molecule has 31 heavy (non-hydrogen) atoms. The number of hydrogen-bond acceptors (Lipinski definition) is 5. The zero-order valence-corrected chi connectivity index (χ0v) is 18.1. The van der Waals surface area contributed by atoms with Crippen LogP contribution < -0.4 is 5.32 Å². The van der Waals surface area contributed by atoms with Crippen molar-refractivity contribution in [3.05, 3.63) is 65.2 Å². The minimum atomic E-state index is -0.140. The van der Waals surface area contributed by atoms with E-state index in [1.807, 2.05) is 34.1 Å². The highest BCUT2D eigenvalue weighted by Crippen LogP contribution is 2.18. The van der Waals surface area contributed by atoms with Crippen molar-refractivity contribution in [3.63, 3.8) is 0 Å². The highest BCUT2D eigenvalue weighted by Gasteiger charge is 2.23. The van der Waals surface area contributed by atoms with Gasteiger partial charge in [-0.2, -0.15) is 0 Å². The van der Waals surface area contributed by atoms with E-state index in [1.54, 1.807) is 13.0 Å². The fourth-order valence-corrected chi connectivity index (χ4v) is 3.93. The molecule has 1 aromatic carbocycles. The lowest BCUT2D eigenvalue weighted by Gasteiger charge is -2.34. The molecular weight excluding hydrogens is 394 g/mol. The third kappa shape index (κ3) is 4.69. The van der Waals surface area contributed by atoms with Gasteiger partial charge in [0, 0.05) is 54.9 Å². The number of piperazine rings is 1. The molecule has 0 spiro atoms. The fraction of sp³-hybridized carbons (Fsp3) is 0.348. The Bertz CT molecular complexity index is 1060. The second-order valence-corrected chi connectivity index (χ2v) is 7.94. The van der Waals surface area contributed by atoms with E-state index in [9.17, 15) is 9.59 Å². The predicted octanol–water partition coefficient (Wildman–Crippen LogP) is 2.79. The van der Waals surface area contributed by atoms with Crippen LogP contribution in [0.5, 0.6) is 0 Å². The Morgan fingerprint density at radius 1 is 0.968 bits per heavy atom. The molecule has 2 aromatic heterocycles. The molecule has 1 aliphatic rings. The van der Waals surface area contributed by atoms with E-state index in [2.05, 4.69) is 41.0 Å². The van der Waals surface area contributed by atoms with Crippen molar-refractivity contribution >= 4 is 17.6 Å². The minimum Gasteiger partial charge on any atom is -0.360 e. The lowest BCUT2D eigenvalue weighted by Crippen LogP contribution is -2.50. The molecule has 8 nitrogen and oxygen atoms in total. The third-order valence-electron chi connectivity index (χ3n) is 5.57. The van der Waals surface area contributed by atoms with E-state index in [0.717, 1.165) is 17.1 Å². The highest BCUT2D eigenvalue weighted by atomic mass is 16.5. The summed E-state index contributed by atoms with van der Waals surface area (Å²) < 4.78 is 7.12. The van der Waals surface area contributed by atoms with Gasteiger partial charge in [0.1, 0.15) is 5.76 Å². The van der Waals surface area contributed by atoms with Crippen molar-refractivity contribution in [1.82, 2.24) is 19.5 Å². The van der Waals surface area contributed by atoms with E-state index in [1.165, 1.54) is 0 Å². The summed E-state index contributed by atoms with van der Waals surface area (Å²) in [7, 11) is 0. The van der Waals surface area contributed by atoms with Gasteiger partial charge in [-0.05, 0) is 57.2 Å². The first-order valence-corrected chi connectivity index (χ1v) is 10.4. The Morgan fingerprint density at radius 3 is 2.19 bits per heavy atom. The van der Waals surface area contributed by atoms with Gasteiger partial charge in [0.15, 0.2) is 5.82 Å². The zero-order valence-electron chi connectivity index (χ0n) is 18.1. The number of anilines is 1. The van der Waals surface area contributed by atoms with Gasteiger partial charge in [-0.1, -0.05) is 5.16 Å². The number of nitrogens with zero attached hydrogens (tertiary/aromatic N) is 4. The molecule has 162 valence electrons. The number of amides is 2. The number of aromatic nitrogens is 2. The van der Waals surface area contributed by atoms with Crippen LogP contribution in [0.25, 0.3) is 5.69 Å². The van der Waals surface area contributed by atoms with Crippen LogP contribution in [0, 0.1) is 20.8 Å². The van der Waals surface area contributed by atoms with Gasteiger partial charge in [-0.3, -0.25) is 14.5 Å². The van der Waals surface area contributed by atoms with Gasteiger partial charge in [0.05, 0.1) is 6.54 Å². The van der Waals surface area contributed by atoms with Gasteiger partial charge in [0.25, 0.3) is 5.91 Å². The lowest BCUT2D eigenvalue weighted by molar-refractivity contribution is -0.117. The Labute approximate surface area is 181 Å². The summed E-state index contributed by atoms with van der Waals surface area (Å²) in [5.74, 6) is 0.952. The number of benzene rings is 1. The number of rotatable bonds is 5. The van der Waals surface area contributed by atoms with Crippen LogP contribution in [0.15, 0.2) is 47.0 Å². The van der Waals surface area contributed by atoms with Crippen LogP contribution >= 0.6 is 0 Å². The topological polar surface area (TPSA) is 83.6 Å². The number of hydrogen-bond donors (Lipinski definition) is 1. The Morgan fingerprint density at radius 2 is 1.61 bits per heavy atom. The normalized spacial score (nSPS) is 14.6. The van der Waals surface area contributed by atoms with Crippen LogP contribution in [-0.4, -0.2) is 64.1 Å². The average Bonchev–Trinajstić information content (AvgIpc) is 3.32. The summed E-state index contributed by atoms with van der Waals surface area (Å²) in [4.78, 5) is 29.0. The van der Waals surface area contributed by atoms with E-state index in [4.69, 9.17) is 4.52 Å². The largest absolute Gasteiger partial charge is 0.360 e. The quantitative estimate of drug-likeness (QED) is 0.685. The van der Waals surface area contributed by atoms with Crippen molar-refractivity contribution in [1.29, 1.82) is 0 Å². The van der Waals surface area contributed by atoms with Gasteiger partial charge in [-0.15, -0.1) is 0 Å². The molecule has 3 heterocycles. The Kier molecular flexibility index (Phi) is 5.90. The van der Waals surface area contributed by atoms with E-state index in [-0.39, 0.29) is 18.4 Å². The molecular formula is C23H27N5O3. The molecule has 1 fully saturated rings. The molecule has 2 amide bonds. The van der Waals surface area contributed by atoms with Crippen molar-refractivity contribution in [2.24, 2.45) is 0 Å². The molecule has 4 rings (SSSR count). The van der Waals surface area contributed by atoms with E-state index >= 15 is 0 Å². The summed E-state index contributed by atoms with van der Waals surface area (Å²) in [6, 6.07) is 13.6. The summed E-state index contributed by atoms with van der Waals surface area (Å²) in [5, 5.41) is 6.50. The third-order valence-corrected chi connectivity index (χ3v) is 5.57.